The summed E-state index contributed by atoms with van der Waals surface area (Å²) < 4.78 is 1.63. The molecule has 3 rings (SSSR count). The SMILES string of the molecule is Cc1ccc(-c2nc3ccc([N+](=O)[O-])cn3c2CC#N)cc1C. The van der Waals surface area contributed by atoms with E-state index in [4.69, 9.17) is 5.26 Å². The van der Waals surface area contributed by atoms with Gasteiger partial charge in [-0.1, -0.05) is 12.1 Å². The van der Waals surface area contributed by atoms with E-state index in [0.717, 1.165) is 11.1 Å². The lowest BCUT2D eigenvalue weighted by Gasteiger charge is -2.05. The molecule has 0 aliphatic rings. The standard InChI is InChI=1S/C17H14N4O2/c1-11-3-4-13(9-12(11)2)17-15(7-8-18)20-10-14(21(22)23)5-6-16(20)19-17/h3-6,9-10H,7H2,1-2H3. The van der Waals surface area contributed by atoms with Crippen LogP contribution in [-0.4, -0.2) is 14.3 Å². The van der Waals surface area contributed by atoms with E-state index in [9.17, 15) is 10.1 Å². The number of nitro groups is 1. The van der Waals surface area contributed by atoms with Gasteiger partial charge in [0.1, 0.15) is 5.65 Å². The van der Waals surface area contributed by atoms with E-state index in [2.05, 4.69) is 11.1 Å². The molecule has 6 heteroatoms. The Hall–Kier alpha value is -3.20. The van der Waals surface area contributed by atoms with Crippen LogP contribution >= 0.6 is 0 Å². The minimum absolute atomic E-state index is 0.0271. The number of pyridine rings is 1. The summed E-state index contributed by atoms with van der Waals surface area (Å²) in [5.41, 5.74) is 5.13. The molecule has 0 N–H and O–H groups in total. The van der Waals surface area contributed by atoms with E-state index < -0.39 is 4.92 Å². The Kier molecular flexibility index (Phi) is 3.54. The molecule has 23 heavy (non-hydrogen) atoms. The first-order chi connectivity index (χ1) is 11.0. The van der Waals surface area contributed by atoms with E-state index in [0.29, 0.717) is 17.0 Å². The van der Waals surface area contributed by atoms with Crippen LogP contribution in [0.15, 0.2) is 36.5 Å². The zero-order valence-electron chi connectivity index (χ0n) is 12.8. The van der Waals surface area contributed by atoms with Crippen molar-refractivity contribution in [2.75, 3.05) is 0 Å². The molecule has 0 saturated carbocycles. The van der Waals surface area contributed by atoms with Crippen LogP contribution < -0.4 is 0 Å². The Labute approximate surface area is 132 Å². The van der Waals surface area contributed by atoms with E-state index in [1.54, 1.807) is 10.5 Å². The maximum Gasteiger partial charge on any atom is 0.286 e. The van der Waals surface area contributed by atoms with Gasteiger partial charge in [0.05, 0.1) is 35.0 Å². The highest BCUT2D eigenvalue weighted by molar-refractivity contribution is 5.68. The van der Waals surface area contributed by atoms with Gasteiger partial charge in [0, 0.05) is 11.6 Å². The lowest BCUT2D eigenvalue weighted by molar-refractivity contribution is -0.385. The number of nitriles is 1. The maximum atomic E-state index is 11.0. The maximum absolute atomic E-state index is 11.0. The first-order valence-corrected chi connectivity index (χ1v) is 7.11. The fraction of sp³-hybridized carbons (Fsp3) is 0.176. The van der Waals surface area contributed by atoms with Crippen LogP contribution in [0.5, 0.6) is 0 Å². The predicted molar refractivity (Wildman–Crippen MR) is 86.1 cm³/mol. The summed E-state index contributed by atoms with van der Waals surface area (Å²) in [5.74, 6) is 0. The van der Waals surface area contributed by atoms with Crippen molar-refractivity contribution in [2.24, 2.45) is 0 Å². The lowest BCUT2D eigenvalue weighted by Crippen LogP contribution is -1.96. The molecule has 0 aliphatic carbocycles. The average molecular weight is 306 g/mol. The molecule has 0 unspecified atom stereocenters. The van der Waals surface area contributed by atoms with Crippen molar-refractivity contribution >= 4 is 11.3 Å². The second-order valence-corrected chi connectivity index (χ2v) is 5.41. The average Bonchev–Trinajstić information content (AvgIpc) is 2.88. The van der Waals surface area contributed by atoms with Crippen LogP contribution in [0.3, 0.4) is 0 Å². The van der Waals surface area contributed by atoms with Crippen LogP contribution in [0.4, 0.5) is 5.69 Å². The fourth-order valence-electron chi connectivity index (χ4n) is 2.55. The summed E-state index contributed by atoms with van der Waals surface area (Å²) in [6, 6.07) is 11.1. The molecule has 3 aromatic rings. The van der Waals surface area contributed by atoms with Gasteiger partial charge in [-0.2, -0.15) is 5.26 Å². The number of rotatable bonds is 3. The topological polar surface area (TPSA) is 84.2 Å². The lowest BCUT2D eigenvalue weighted by atomic mass is 10.0. The second kappa shape index (κ2) is 5.54. The number of imidazole rings is 1. The third-order valence-corrected chi connectivity index (χ3v) is 3.94. The molecule has 0 bridgehead atoms. The summed E-state index contributed by atoms with van der Waals surface area (Å²) >= 11 is 0. The molecule has 1 aromatic carbocycles. The minimum Gasteiger partial charge on any atom is -0.295 e. The Balaban J connectivity index is 2.27. The molecular formula is C17H14N4O2. The molecule has 0 atom stereocenters. The Morgan fingerprint density at radius 2 is 2.04 bits per heavy atom. The molecular weight excluding hydrogens is 292 g/mol. The fourth-order valence-corrected chi connectivity index (χ4v) is 2.55. The van der Waals surface area contributed by atoms with Crippen LogP contribution in [-0.2, 0) is 6.42 Å². The zero-order chi connectivity index (χ0) is 16.6. The molecule has 2 aromatic heterocycles. The molecule has 0 radical (unpaired) electrons. The van der Waals surface area contributed by atoms with E-state index in [1.165, 1.54) is 17.8 Å². The van der Waals surface area contributed by atoms with Crippen molar-refractivity contribution in [3.8, 4) is 17.3 Å². The number of hydrogen-bond donors (Lipinski definition) is 0. The Bertz CT molecular complexity index is 967. The van der Waals surface area contributed by atoms with Crippen molar-refractivity contribution < 1.29 is 4.92 Å². The Morgan fingerprint density at radius 1 is 1.26 bits per heavy atom. The van der Waals surface area contributed by atoms with Gasteiger partial charge in [-0.05, 0) is 37.1 Å². The number of fused-ring (bicyclic) bond motifs is 1. The van der Waals surface area contributed by atoms with E-state index in [1.807, 2.05) is 32.0 Å². The van der Waals surface area contributed by atoms with Gasteiger partial charge in [-0.3, -0.25) is 14.5 Å². The quantitative estimate of drug-likeness (QED) is 0.546. The summed E-state index contributed by atoms with van der Waals surface area (Å²) in [5, 5.41) is 20.1. The molecule has 6 nitrogen and oxygen atoms in total. The highest BCUT2D eigenvalue weighted by Crippen LogP contribution is 2.28. The number of nitrogens with zero attached hydrogens (tertiary/aromatic N) is 4. The van der Waals surface area contributed by atoms with Crippen molar-refractivity contribution in [3.63, 3.8) is 0 Å². The second-order valence-electron chi connectivity index (χ2n) is 5.41. The van der Waals surface area contributed by atoms with Crippen molar-refractivity contribution in [1.82, 2.24) is 9.38 Å². The largest absolute Gasteiger partial charge is 0.295 e. The first-order valence-electron chi connectivity index (χ1n) is 7.11. The van der Waals surface area contributed by atoms with Crippen LogP contribution in [0.1, 0.15) is 16.8 Å². The third kappa shape index (κ3) is 2.53. The van der Waals surface area contributed by atoms with Gasteiger partial charge in [0.15, 0.2) is 0 Å². The van der Waals surface area contributed by atoms with Crippen molar-refractivity contribution in [1.29, 1.82) is 5.26 Å². The number of aromatic nitrogens is 2. The van der Waals surface area contributed by atoms with E-state index >= 15 is 0 Å². The van der Waals surface area contributed by atoms with Crippen LogP contribution in [0.2, 0.25) is 0 Å². The van der Waals surface area contributed by atoms with Gasteiger partial charge in [-0.15, -0.1) is 0 Å². The molecule has 114 valence electrons. The smallest absolute Gasteiger partial charge is 0.286 e. The number of hydrogen-bond acceptors (Lipinski definition) is 4. The highest BCUT2D eigenvalue weighted by Gasteiger charge is 2.17. The number of benzene rings is 1. The van der Waals surface area contributed by atoms with Gasteiger partial charge in [-0.25, -0.2) is 4.98 Å². The molecule has 2 heterocycles. The van der Waals surface area contributed by atoms with Crippen molar-refractivity contribution in [3.05, 3.63) is 63.5 Å². The normalized spacial score (nSPS) is 10.7. The van der Waals surface area contributed by atoms with Gasteiger partial charge in [0.2, 0.25) is 0 Å². The molecule has 0 aliphatic heterocycles. The molecule has 0 spiro atoms. The summed E-state index contributed by atoms with van der Waals surface area (Å²) in [6.07, 6.45) is 1.55. The number of aryl methyl sites for hydroxylation is 2. The molecule has 0 saturated heterocycles. The van der Waals surface area contributed by atoms with Gasteiger partial charge in [0.25, 0.3) is 5.69 Å². The highest BCUT2D eigenvalue weighted by atomic mass is 16.6. The van der Waals surface area contributed by atoms with Crippen LogP contribution in [0, 0.1) is 35.3 Å². The summed E-state index contributed by atoms with van der Waals surface area (Å²) in [7, 11) is 0. The van der Waals surface area contributed by atoms with Gasteiger partial charge < -0.3 is 0 Å². The Morgan fingerprint density at radius 3 is 2.70 bits per heavy atom. The van der Waals surface area contributed by atoms with E-state index in [-0.39, 0.29) is 12.1 Å². The molecule has 0 amide bonds. The van der Waals surface area contributed by atoms with Crippen molar-refractivity contribution in [2.45, 2.75) is 20.3 Å². The first kappa shape index (κ1) is 14.7. The third-order valence-electron chi connectivity index (χ3n) is 3.94. The van der Waals surface area contributed by atoms with Crippen LogP contribution in [0.25, 0.3) is 16.9 Å². The monoisotopic (exact) mass is 306 g/mol. The van der Waals surface area contributed by atoms with Gasteiger partial charge >= 0.3 is 0 Å². The predicted octanol–water partition coefficient (Wildman–Crippen LogP) is 3.59. The minimum atomic E-state index is -0.453. The summed E-state index contributed by atoms with van der Waals surface area (Å²) in [6.45, 7) is 4.05. The summed E-state index contributed by atoms with van der Waals surface area (Å²) in [4.78, 5) is 15.1. The zero-order valence-corrected chi connectivity index (χ0v) is 12.8. The molecule has 0 fully saturated rings.